The summed E-state index contributed by atoms with van der Waals surface area (Å²) < 4.78 is 5.20. The minimum absolute atomic E-state index is 0. The van der Waals surface area contributed by atoms with E-state index in [-0.39, 0.29) is 30.1 Å². The van der Waals surface area contributed by atoms with Gasteiger partial charge >= 0.3 is 0 Å². The molecular formula is C16H24ClNO3. The second kappa shape index (κ2) is 6.42. The van der Waals surface area contributed by atoms with E-state index in [4.69, 9.17) is 4.74 Å². The number of benzene rings is 1. The van der Waals surface area contributed by atoms with Gasteiger partial charge in [0.05, 0.1) is 12.7 Å². The summed E-state index contributed by atoms with van der Waals surface area (Å²) in [5, 5.41) is 24.1. The second-order valence-corrected chi connectivity index (χ2v) is 6.07. The Labute approximate surface area is 131 Å². The highest BCUT2D eigenvalue weighted by atomic mass is 35.5. The van der Waals surface area contributed by atoms with Crippen molar-refractivity contribution in [3.63, 3.8) is 0 Å². The first-order valence-corrected chi connectivity index (χ1v) is 7.47. The van der Waals surface area contributed by atoms with E-state index in [1.807, 2.05) is 12.1 Å². The number of ether oxygens (including phenoxy) is 1. The molecule has 2 aliphatic rings. The molecule has 1 aromatic carbocycles. The van der Waals surface area contributed by atoms with Crippen LogP contribution < -0.4 is 10.1 Å². The van der Waals surface area contributed by atoms with Crippen molar-refractivity contribution < 1.29 is 14.9 Å². The van der Waals surface area contributed by atoms with Crippen LogP contribution >= 0.6 is 12.4 Å². The van der Waals surface area contributed by atoms with Crippen molar-refractivity contribution in [1.82, 2.24) is 5.32 Å². The Morgan fingerprint density at radius 1 is 1.29 bits per heavy atom. The Bertz CT molecular complexity index is 492. The van der Waals surface area contributed by atoms with E-state index in [0.717, 1.165) is 37.8 Å². The number of hydrogen-bond donors (Lipinski definition) is 3. The number of nitrogens with one attached hydrogen (secondary N) is 1. The Morgan fingerprint density at radius 2 is 2.10 bits per heavy atom. The Kier molecular flexibility index (Phi) is 5.02. The number of phenols is 1. The number of rotatable bonds is 2. The molecule has 2 fully saturated rings. The van der Waals surface area contributed by atoms with Crippen LogP contribution in [0.4, 0.5) is 0 Å². The quantitative estimate of drug-likeness (QED) is 0.785. The zero-order valence-corrected chi connectivity index (χ0v) is 13.2. The van der Waals surface area contributed by atoms with Gasteiger partial charge in [-0.25, -0.2) is 0 Å². The molecule has 5 heteroatoms. The first-order chi connectivity index (χ1) is 9.64. The molecule has 0 spiro atoms. The number of aromatic hydroxyl groups is 1. The molecule has 1 saturated carbocycles. The van der Waals surface area contributed by atoms with Crippen molar-refractivity contribution >= 4 is 12.4 Å². The number of methoxy groups -OCH3 is 1. The molecule has 118 valence electrons. The first-order valence-electron chi connectivity index (χ1n) is 7.47. The van der Waals surface area contributed by atoms with Gasteiger partial charge in [0.1, 0.15) is 0 Å². The van der Waals surface area contributed by atoms with Crippen LogP contribution in [0.2, 0.25) is 0 Å². The van der Waals surface area contributed by atoms with Gasteiger partial charge in [0.25, 0.3) is 0 Å². The summed E-state index contributed by atoms with van der Waals surface area (Å²) in [5.74, 6) is 0.902. The van der Waals surface area contributed by atoms with E-state index in [1.165, 1.54) is 6.42 Å². The van der Waals surface area contributed by atoms with Gasteiger partial charge in [0.15, 0.2) is 11.5 Å². The molecule has 21 heavy (non-hydrogen) atoms. The normalized spacial score (nSPS) is 31.9. The van der Waals surface area contributed by atoms with Gasteiger partial charge in [-0.1, -0.05) is 18.9 Å². The lowest BCUT2D eigenvalue weighted by Crippen LogP contribution is -2.53. The molecule has 0 unspecified atom stereocenters. The third kappa shape index (κ3) is 2.98. The van der Waals surface area contributed by atoms with Crippen LogP contribution in [0.3, 0.4) is 0 Å². The molecule has 1 aromatic rings. The zero-order valence-electron chi connectivity index (χ0n) is 12.3. The van der Waals surface area contributed by atoms with E-state index in [9.17, 15) is 10.2 Å². The van der Waals surface area contributed by atoms with Crippen LogP contribution in [0.25, 0.3) is 0 Å². The standard InChI is InChI=1S/C16H23NO3.ClH/c1-20-14-10-11(5-6-13(14)18)15-12-4-2-3-7-16(12,19)8-9-17-15;/h5-6,10,12,15,17-19H,2-4,7-9H2,1H3;1H/t12-,15-,16-;/m0./s1. The highest BCUT2D eigenvalue weighted by molar-refractivity contribution is 5.85. The summed E-state index contributed by atoms with van der Waals surface area (Å²) in [5.41, 5.74) is 0.559. The van der Waals surface area contributed by atoms with E-state index < -0.39 is 5.60 Å². The lowest BCUT2D eigenvalue weighted by atomic mass is 9.67. The molecular weight excluding hydrogens is 290 g/mol. The molecule has 1 saturated heterocycles. The highest BCUT2D eigenvalue weighted by Crippen LogP contribution is 2.46. The SMILES string of the molecule is COc1cc([C@@H]2NCC[C@@]3(O)CCCC[C@@H]23)ccc1O.Cl. The molecule has 1 aliphatic carbocycles. The zero-order chi connectivity index (χ0) is 14.2. The minimum atomic E-state index is -0.528. The van der Waals surface area contributed by atoms with Crippen molar-refractivity contribution in [2.75, 3.05) is 13.7 Å². The van der Waals surface area contributed by atoms with Gasteiger partial charge in [0.2, 0.25) is 0 Å². The van der Waals surface area contributed by atoms with Crippen molar-refractivity contribution in [3.05, 3.63) is 23.8 Å². The molecule has 0 radical (unpaired) electrons. The Morgan fingerprint density at radius 3 is 2.86 bits per heavy atom. The van der Waals surface area contributed by atoms with Crippen LogP contribution in [0.15, 0.2) is 18.2 Å². The van der Waals surface area contributed by atoms with Crippen molar-refractivity contribution in [2.45, 2.75) is 43.7 Å². The van der Waals surface area contributed by atoms with Crippen LogP contribution in [0.5, 0.6) is 11.5 Å². The molecule has 3 N–H and O–H groups in total. The average molecular weight is 314 g/mol. The number of hydrogen-bond acceptors (Lipinski definition) is 4. The number of fused-ring (bicyclic) bond motifs is 1. The van der Waals surface area contributed by atoms with E-state index in [2.05, 4.69) is 5.32 Å². The number of aliphatic hydroxyl groups is 1. The van der Waals surface area contributed by atoms with Crippen molar-refractivity contribution in [1.29, 1.82) is 0 Å². The molecule has 1 aliphatic heterocycles. The third-order valence-electron chi connectivity index (χ3n) is 4.95. The first kappa shape index (κ1) is 16.4. The highest BCUT2D eigenvalue weighted by Gasteiger charge is 2.45. The molecule has 1 heterocycles. The van der Waals surface area contributed by atoms with Gasteiger partial charge < -0.3 is 20.3 Å². The van der Waals surface area contributed by atoms with Gasteiger partial charge in [0, 0.05) is 12.0 Å². The van der Waals surface area contributed by atoms with E-state index in [0.29, 0.717) is 5.75 Å². The minimum Gasteiger partial charge on any atom is -0.504 e. The molecule has 0 bridgehead atoms. The van der Waals surface area contributed by atoms with Crippen LogP contribution in [0.1, 0.15) is 43.7 Å². The summed E-state index contributed by atoms with van der Waals surface area (Å²) in [6.07, 6.45) is 5.10. The fourth-order valence-electron chi connectivity index (χ4n) is 3.86. The summed E-state index contributed by atoms with van der Waals surface area (Å²) >= 11 is 0. The van der Waals surface area contributed by atoms with Crippen LogP contribution in [-0.2, 0) is 0 Å². The summed E-state index contributed by atoms with van der Waals surface area (Å²) in [6, 6.07) is 5.62. The Hall–Kier alpha value is -0.970. The maximum Gasteiger partial charge on any atom is 0.160 e. The summed E-state index contributed by atoms with van der Waals surface area (Å²) in [6.45, 7) is 0.834. The van der Waals surface area contributed by atoms with Gasteiger partial charge in [-0.05, 0) is 43.5 Å². The number of piperidine rings is 1. The van der Waals surface area contributed by atoms with Crippen molar-refractivity contribution in [2.24, 2.45) is 5.92 Å². The van der Waals surface area contributed by atoms with Crippen molar-refractivity contribution in [3.8, 4) is 11.5 Å². The van der Waals surface area contributed by atoms with E-state index in [1.54, 1.807) is 13.2 Å². The lowest BCUT2D eigenvalue weighted by Gasteiger charge is -2.48. The maximum atomic E-state index is 10.9. The number of halogens is 1. The van der Waals surface area contributed by atoms with Gasteiger partial charge in [-0.15, -0.1) is 12.4 Å². The van der Waals surface area contributed by atoms with E-state index >= 15 is 0 Å². The summed E-state index contributed by atoms with van der Waals surface area (Å²) in [7, 11) is 1.56. The molecule has 0 aromatic heterocycles. The topological polar surface area (TPSA) is 61.7 Å². The monoisotopic (exact) mass is 313 g/mol. The molecule has 0 amide bonds. The molecule has 4 nitrogen and oxygen atoms in total. The number of phenolic OH excluding ortho intramolecular Hbond substituents is 1. The molecule has 3 atom stereocenters. The summed E-state index contributed by atoms with van der Waals surface area (Å²) in [4.78, 5) is 0. The predicted molar refractivity (Wildman–Crippen MR) is 84.2 cm³/mol. The third-order valence-corrected chi connectivity index (χ3v) is 4.95. The lowest BCUT2D eigenvalue weighted by molar-refractivity contribution is -0.0861. The predicted octanol–water partition coefficient (Wildman–Crippen LogP) is 2.78. The maximum absolute atomic E-state index is 10.9. The van der Waals surface area contributed by atoms with Gasteiger partial charge in [-0.3, -0.25) is 0 Å². The van der Waals surface area contributed by atoms with Gasteiger partial charge in [-0.2, -0.15) is 0 Å². The second-order valence-electron chi connectivity index (χ2n) is 6.07. The smallest absolute Gasteiger partial charge is 0.160 e. The van der Waals surface area contributed by atoms with Crippen LogP contribution in [0, 0.1) is 5.92 Å². The Balaban J connectivity index is 0.00000161. The molecule has 3 rings (SSSR count). The van der Waals surface area contributed by atoms with Crippen LogP contribution in [-0.4, -0.2) is 29.5 Å². The fourth-order valence-corrected chi connectivity index (χ4v) is 3.86. The fraction of sp³-hybridized carbons (Fsp3) is 0.625. The largest absolute Gasteiger partial charge is 0.504 e. The average Bonchev–Trinajstić information content (AvgIpc) is 2.46.